The number of aromatic amines is 1. The molecule has 0 unspecified atom stereocenters. The number of hydrogen-bond donors (Lipinski definition) is 2. The third-order valence-electron chi connectivity index (χ3n) is 2.90. The molecular formula is C14H14N4O. The summed E-state index contributed by atoms with van der Waals surface area (Å²) < 4.78 is 0. The molecule has 1 aromatic carbocycles. The van der Waals surface area contributed by atoms with Gasteiger partial charge in [0.25, 0.3) is 5.56 Å². The molecule has 19 heavy (non-hydrogen) atoms. The van der Waals surface area contributed by atoms with Crippen molar-refractivity contribution >= 4 is 17.2 Å². The number of aromatic nitrogens is 1. The van der Waals surface area contributed by atoms with Crippen LogP contribution in [0.1, 0.15) is 11.1 Å². The Morgan fingerprint density at radius 3 is 3.00 bits per heavy atom. The first-order chi connectivity index (χ1) is 9.13. The van der Waals surface area contributed by atoms with Gasteiger partial charge in [-0.2, -0.15) is 5.26 Å². The summed E-state index contributed by atoms with van der Waals surface area (Å²) in [4.78, 5) is 18.6. The summed E-state index contributed by atoms with van der Waals surface area (Å²) >= 11 is 0. The number of aryl methyl sites for hydroxylation is 1. The van der Waals surface area contributed by atoms with Crippen molar-refractivity contribution in [1.82, 2.24) is 4.98 Å². The predicted octanol–water partition coefficient (Wildman–Crippen LogP) is 1.26. The van der Waals surface area contributed by atoms with Crippen molar-refractivity contribution < 1.29 is 0 Å². The Balaban J connectivity index is 2.46. The van der Waals surface area contributed by atoms with E-state index in [-0.39, 0.29) is 12.0 Å². The Morgan fingerprint density at radius 2 is 2.32 bits per heavy atom. The van der Waals surface area contributed by atoms with E-state index in [9.17, 15) is 4.79 Å². The third kappa shape index (κ3) is 2.80. The number of pyridine rings is 1. The van der Waals surface area contributed by atoms with Crippen molar-refractivity contribution in [3.63, 3.8) is 0 Å². The number of nitrogens with zero attached hydrogens (tertiary/aromatic N) is 2. The predicted molar refractivity (Wildman–Crippen MR) is 75.1 cm³/mol. The van der Waals surface area contributed by atoms with Crippen molar-refractivity contribution in [2.24, 2.45) is 10.7 Å². The van der Waals surface area contributed by atoms with Crippen LogP contribution in [0.2, 0.25) is 0 Å². The van der Waals surface area contributed by atoms with Crippen molar-refractivity contribution in [2.75, 3.05) is 0 Å². The molecule has 1 aromatic heterocycles. The molecule has 0 radical (unpaired) electrons. The van der Waals surface area contributed by atoms with Gasteiger partial charge in [-0.3, -0.25) is 9.79 Å². The molecule has 0 spiro atoms. The highest BCUT2D eigenvalue weighted by atomic mass is 16.1. The molecule has 2 aromatic rings. The SMILES string of the molecule is Cc1ccc2[nH]c(=O)c(C[C@@H](C#N)N=CN)cc2c1. The highest BCUT2D eigenvalue weighted by molar-refractivity contribution is 5.79. The minimum atomic E-state index is -0.631. The molecule has 5 nitrogen and oxygen atoms in total. The topological polar surface area (TPSA) is 95.0 Å². The van der Waals surface area contributed by atoms with Crippen LogP contribution in [0, 0.1) is 18.3 Å². The Hall–Kier alpha value is -2.61. The molecule has 96 valence electrons. The van der Waals surface area contributed by atoms with Crippen LogP contribution in [-0.2, 0) is 6.42 Å². The van der Waals surface area contributed by atoms with E-state index in [2.05, 4.69) is 9.98 Å². The lowest BCUT2D eigenvalue weighted by Gasteiger charge is -2.05. The van der Waals surface area contributed by atoms with Gasteiger partial charge in [0.15, 0.2) is 0 Å². The number of rotatable bonds is 3. The summed E-state index contributed by atoms with van der Waals surface area (Å²) in [6, 6.07) is 8.98. The molecular weight excluding hydrogens is 240 g/mol. The van der Waals surface area contributed by atoms with E-state index in [0.29, 0.717) is 5.56 Å². The van der Waals surface area contributed by atoms with Gasteiger partial charge in [-0.15, -0.1) is 0 Å². The van der Waals surface area contributed by atoms with Gasteiger partial charge in [0.05, 0.1) is 12.4 Å². The molecule has 1 atom stereocenters. The number of nitrogens with one attached hydrogen (secondary N) is 1. The lowest BCUT2D eigenvalue weighted by atomic mass is 10.1. The van der Waals surface area contributed by atoms with Gasteiger partial charge >= 0.3 is 0 Å². The van der Waals surface area contributed by atoms with E-state index in [1.807, 2.05) is 31.2 Å². The Morgan fingerprint density at radius 1 is 1.53 bits per heavy atom. The van der Waals surface area contributed by atoms with Crippen LogP contribution in [0.15, 0.2) is 34.1 Å². The van der Waals surface area contributed by atoms with Gasteiger partial charge in [0.1, 0.15) is 6.04 Å². The molecule has 0 aliphatic carbocycles. The summed E-state index contributed by atoms with van der Waals surface area (Å²) in [7, 11) is 0. The lowest BCUT2D eigenvalue weighted by molar-refractivity contribution is 0.818. The zero-order chi connectivity index (χ0) is 13.8. The van der Waals surface area contributed by atoms with Gasteiger partial charge in [0, 0.05) is 17.5 Å². The van der Waals surface area contributed by atoms with E-state index >= 15 is 0 Å². The van der Waals surface area contributed by atoms with E-state index in [1.54, 1.807) is 6.07 Å². The standard InChI is InChI=1S/C14H14N4O/c1-9-2-3-13-10(4-9)5-11(14(19)18-13)6-12(7-15)17-8-16/h2-5,8,12H,6H2,1H3,(H2,16,17)(H,18,19)/t12-/m0/s1. The van der Waals surface area contributed by atoms with Gasteiger partial charge < -0.3 is 10.7 Å². The molecule has 2 rings (SSSR count). The number of fused-ring (bicyclic) bond motifs is 1. The average molecular weight is 254 g/mol. The summed E-state index contributed by atoms with van der Waals surface area (Å²) in [5, 5.41) is 9.88. The van der Waals surface area contributed by atoms with Crippen LogP contribution in [0.3, 0.4) is 0 Å². The Labute approximate surface area is 110 Å². The van der Waals surface area contributed by atoms with E-state index in [0.717, 1.165) is 22.8 Å². The molecule has 0 fully saturated rings. The summed E-state index contributed by atoms with van der Waals surface area (Å²) in [6.45, 7) is 1.99. The summed E-state index contributed by atoms with van der Waals surface area (Å²) in [6.07, 6.45) is 1.34. The van der Waals surface area contributed by atoms with E-state index in [1.165, 1.54) is 0 Å². The number of nitrogens with two attached hydrogens (primary N) is 1. The summed E-state index contributed by atoms with van der Waals surface area (Å²) in [5.41, 5.74) is 7.43. The van der Waals surface area contributed by atoms with Crippen molar-refractivity contribution in [3.8, 4) is 6.07 Å². The summed E-state index contributed by atoms with van der Waals surface area (Å²) in [5.74, 6) is 0. The minimum absolute atomic E-state index is 0.191. The third-order valence-corrected chi connectivity index (χ3v) is 2.90. The minimum Gasteiger partial charge on any atom is -0.390 e. The number of benzene rings is 1. The molecule has 0 saturated heterocycles. The maximum atomic E-state index is 11.9. The molecule has 0 amide bonds. The normalized spacial score (nSPS) is 12.6. The number of aliphatic imine (C=N–C) groups is 1. The molecule has 0 aliphatic rings. The second-order valence-corrected chi connectivity index (χ2v) is 4.36. The van der Waals surface area contributed by atoms with Crippen molar-refractivity contribution in [3.05, 3.63) is 45.7 Å². The fourth-order valence-electron chi connectivity index (χ4n) is 1.97. The van der Waals surface area contributed by atoms with Crippen LogP contribution in [0.5, 0.6) is 0 Å². The molecule has 0 bridgehead atoms. The van der Waals surface area contributed by atoms with Crippen LogP contribution in [0.4, 0.5) is 0 Å². The van der Waals surface area contributed by atoms with Crippen molar-refractivity contribution in [1.29, 1.82) is 5.26 Å². The molecule has 0 aliphatic heterocycles. The molecule has 5 heteroatoms. The van der Waals surface area contributed by atoms with Gasteiger partial charge in [-0.1, -0.05) is 11.6 Å². The molecule has 3 N–H and O–H groups in total. The Kier molecular flexibility index (Phi) is 3.62. The van der Waals surface area contributed by atoms with E-state index in [4.69, 9.17) is 11.0 Å². The van der Waals surface area contributed by atoms with Crippen LogP contribution in [-0.4, -0.2) is 17.4 Å². The molecule has 0 saturated carbocycles. The quantitative estimate of drug-likeness (QED) is 0.637. The fourth-order valence-corrected chi connectivity index (χ4v) is 1.97. The van der Waals surface area contributed by atoms with Crippen LogP contribution < -0.4 is 11.3 Å². The number of H-pyrrole nitrogens is 1. The smallest absolute Gasteiger partial charge is 0.251 e. The Bertz CT molecular complexity index is 724. The fraction of sp³-hybridized carbons (Fsp3) is 0.214. The van der Waals surface area contributed by atoms with E-state index < -0.39 is 6.04 Å². The first kappa shape index (κ1) is 12.8. The lowest BCUT2D eigenvalue weighted by Crippen LogP contribution is -2.18. The number of nitriles is 1. The number of hydrogen-bond acceptors (Lipinski definition) is 3. The second-order valence-electron chi connectivity index (χ2n) is 4.36. The van der Waals surface area contributed by atoms with Gasteiger partial charge in [-0.25, -0.2) is 0 Å². The first-order valence-corrected chi connectivity index (χ1v) is 5.89. The molecule has 1 heterocycles. The van der Waals surface area contributed by atoms with Crippen molar-refractivity contribution in [2.45, 2.75) is 19.4 Å². The highest BCUT2D eigenvalue weighted by Crippen LogP contribution is 2.14. The first-order valence-electron chi connectivity index (χ1n) is 5.89. The largest absolute Gasteiger partial charge is 0.390 e. The van der Waals surface area contributed by atoms with Crippen LogP contribution in [0.25, 0.3) is 10.9 Å². The monoisotopic (exact) mass is 254 g/mol. The van der Waals surface area contributed by atoms with Crippen LogP contribution >= 0.6 is 0 Å². The average Bonchev–Trinajstić information content (AvgIpc) is 2.39. The second kappa shape index (κ2) is 5.36. The maximum absolute atomic E-state index is 11.9. The zero-order valence-corrected chi connectivity index (χ0v) is 10.6. The van der Waals surface area contributed by atoms with Gasteiger partial charge in [0.2, 0.25) is 0 Å². The van der Waals surface area contributed by atoms with Gasteiger partial charge in [-0.05, 0) is 30.5 Å². The maximum Gasteiger partial charge on any atom is 0.251 e. The zero-order valence-electron chi connectivity index (χ0n) is 10.6. The highest BCUT2D eigenvalue weighted by Gasteiger charge is 2.10.